The number of nitrogens with zero attached hydrogens (tertiary/aromatic N) is 3. The van der Waals surface area contributed by atoms with Gasteiger partial charge in [0.25, 0.3) is 22.6 Å². The van der Waals surface area contributed by atoms with Gasteiger partial charge in [0.15, 0.2) is 0 Å². The van der Waals surface area contributed by atoms with Gasteiger partial charge in [-0.1, -0.05) is 41.5 Å². The molecular weight excluding hydrogens is 255 g/mol. The molecule has 0 amide bonds. The van der Waals surface area contributed by atoms with Crippen molar-refractivity contribution >= 4 is 22.6 Å². The summed E-state index contributed by atoms with van der Waals surface area (Å²) in [6.45, 7) is 17.7. The highest BCUT2D eigenvalue weighted by Crippen LogP contribution is 2.10. The van der Waals surface area contributed by atoms with Crippen LogP contribution in [-0.2, 0) is 0 Å². The van der Waals surface area contributed by atoms with E-state index in [0.29, 0.717) is 0 Å². The molecule has 1 aliphatic heterocycles. The van der Waals surface area contributed by atoms with Gasteiger partial charge in [-0.25, -0.2) is 0 Å². The van der Waals surface area contributed by atoms with E-state index in [0.717, 1.165) is 40.4 Å². The number of hydrogen-bond donors (Lipinski definition) is 0. The van der Waals surface area contributed by atoms with Gasteiger partial charge in [0.05, 0.1) is 0 Å². The third-order valence-corrected chi connectivity index (χ3v) is 4.27. The molecule has 0 N–H and O–H groups in total. The van der Waals surface area contributed by atoms with Gasteiger partial charge in [0, 0.05) is 0 Å². The molecule has 0 radical (unpaired) electrons. The van der Waals surface area contributed by atoms with Crippen LogP contribution in [0.25, 0.3) is 0 Å². The molecule has 1 saturated heterocycles. The zero-order valence-electron chi connectivity index (χ0n) is 15.4. The van der Waals surface area contributed by atoms with Crippen LogP contribution < -0.4 is 0 Å². The largest absolute Gasteiger partial charge is 0.363 e. The topological polar surface area (TPSA) is 9.72 Å². The summed E-state index contributed by atoms with van der Waals surface area (Å²) in [5.41, 5.74) is 0. The van der Waals surface area contributed by atoms with Crippen LogP contribution in [0.1, 0.15) is 60.8 Å². The Morgan fingerprint density at radius 2 is 0.762 bits per heavy atom. The Morgan fingerprint density at radius 1 is 0.524 bits per heavy atom. The van der Waals surface area contributed by atoms with E-state index in [1.54, 1.807) is 0 Å². The Balaban J connectivity index is 2.46. The van der Waals surface area contributed by atoms with Gasteiger partial charge in [-0.05, 0) is 56.7 Å². The smallest absolute Gasteiger partial charge is 0.270 e. The van der Waals surface area contributed by atoms with Crippen molar-refractivity contribution < 1.29 is 0 Å². The highest BCUT2D eigenvalue weighted by molar-refractivity contribution is 6.64. The average molecular weight is 291 g/mol. The molecule has 0 bridgehead atoms. The van der Waals surface area contributed by atoms with E-state index >= 15 is 0 Å². The number of rotatable bonds is 9. The van der Waals surface area contributed by atoms with Gasteiger partial charge in [0.2, 0.25) is 0 Å². The molecule has 0 aliphatic carbocycles. The fraction of sp³-hybridized carbons (Fsp3) is 1.00. The fourth-order valence-corrected chi connectivity index (χ4v) is 2.73. The monoisotopic (exact) mass is 291 g/mol. The van der Waals surface area contributed by atoms with Crippen molar-refractivity contribution in [2.45, 2.75) is 60.8 Å². The molecule has 0 atom stereocenters. The summed E-state index contributed by atoms with van der Waals surface area (Å²) >= 11 is 0. The zero-order chi connectivity index (χ0) is 15.8. The standard InChI is InChI=1S/C15H36B3N3/c1-13(2)7-10-19-16-20(11-8-14(3)4)18-21(17-19)12-9-15(5)6/h13-18H,7-12H2,1-6H3. The lowest BCUT2D eigenvalue weighted by molar-refractivity contribution is 0.413. The predicted octanol–water partition coefficient (Wildman–Crippen LogP) is 1.84. The minimum atomic E-state index is 0.806. The minimum Gasteiger partial charge on any atom is -0.363 e. The minimum absolute atomic E-state index is 0.806. The van der Waals surface area contributed by atoms with Crippen LogP contribution >= 0.6 is 0 Å². The van der Waals surface area contributed by atoms with Crippen molar-refractivity contribution in [1.82, 2.24) is 14.2 Å². The summed E-state index contributed by atoms with van der Waals surface area (Å²) in [7, 11) is 3.49. The van der Waals surface area contributed by atoms with Gasteiger partial charge in [-0.15, -0.1) is 0 Å². The van der Waals surface area contributed by atoms with Crippen LogP contribution in [0.2, 0.25) is 0 Å². The van der Waals surface area contributed by atoms with E-state index in [9.17, 15) is 0 Å². The normalized spacial score (nSPS) is 18.1. The molecule has 1 fully saturated rings. The van der Waals surface area contributed by atoms with Crippen molar-refractivity contribution in [1.29, 1.82) is 0 Å². The third-order valence-electron chi connectivity index (χ3n) is 4.27. The summed E-state index contributed by atoms with van der Waals surface area (Å²) in [5, 5.41) is 0. The van der Waals surface area contributed by atoms with Crippen molar-refractivity contribution in [3.05, 3.63) is 0 Å². The van der Waals surface area contributed by atoms with E-state index in [1.165, 1.54) is 38.9 Å². The van der Waals surface area contributed by atoms with Gasteiger partial charge >= 0.3 is 0 Å². The molecule has 0 unspecified atom stereocenters. The highest BCUT2D eigenvalue weighted by atomic mass is 15.3. The Hall–Kier alpha value is 0.0748. The summed E-state index contributed by atoms with van der Waals surface area (Å²) in [5.74, 6) is 2.42. The first-order valence-corrected chi connectivity index (χ1v) is 9.03. The predicted molar refractivity (Wildman–Crippen MR) is 99.9 cm³/mol. The molecule has 0 aromatic carbocycles. The Labute approximate surface area is 135 Å². The molecule has 1 rings (SSSR count). The molecular formula is C15H36B3N3. The van der Waals surface area contributed by atoms with Gasteiger partial charge in [-0.3, -0.25) is 0 Å². The molecule has 0 aromatic rings. The number of hydrogen-bond acceptors (Lipinski definition) is 3. The third kappa shape index (κ3) is 8.95. The molecule has 6 heteroatoms. The lowest BCUT2D eigenvalue weighted by Gasteiger charge is -2.41. The molecule has 0 saturated carbocycles. The van der Waals surface area contributed by atoms with Crippen LogP contribution in [0.3, 0.4) is 0 Å². The maximum absolute atomic E-state index is 2.64. The summed E-state index contributed by atoms with van der Waals surface area (Å²) in [6.07, 6.45) is 3.95. The second kappa shape index (κ2) is 9.96. The quantitative estimate of drug-likeness (QED) is 0.600. The summed E-state index contributed by atoms with van der Waals surface area (Å²) in [6, 6.07) is 0. The van der Waals surface area contributed by atoms with Crippen LogP contribution in [0, 0.1) is 17.8 Å². The maximum Gasteiger partial charge on any atom is 0.270 e. The van der Waals surface area contributed by atoms with Gasteiger partial charge in [0.1, 0.15) is 0 Å². The molecule has 21 heavy (non-hydrogen) atoms. The molecule has 0 aromatic heterocycles. The van der Waals surface area contributed by atoms with Crippen LogP contribution in [0.5, 0.6) is 0 Å². The maximum atomic E-state index is 2.64. The van der Waals surface area contributed by atoms with Crippen molar-refractivity contribution in [2.75, 3.05) is 19.6 Å². The Kier molecular flexibility index (Phi) is 9.07. The zero-order valence-corrected chi connectivity index (χ0v) is 15.4. The molecule has 0 spiro atoms. The molecule has 1 aliphatic rings. The fourth-order valence-electron chi connectivity index (χ4n) is 2.73. The SMILES string of the molecule is CC(C)CCN1BN(CCC(C)C)BN(CCC(C)C)B1. The van der Waals surface area contributed by atoms with Crippen molar-refractivity contribution in [3.63, 3.8) is 0 Å². The van der Waals surface area contributed by atoms with E-state index in [4.69, 9.17) is 0 Å². The average Bonchev–Trinajstić information content (AvgIpc) is 2.40. The van der Waals surface area contributed by atoms with E-state index in [-0.39, 0.29) is 0 Å². The second-order valence-electron chi connectivity index (χ2n) is 8.16. The Bertz CT molecular complexity index is 226. The Morgan fingerprint density at radius 3 is 0.952 bits per heavy atom. The van der Waals surface area contributed by atoms with Gasteiger partial charge in [-0.2, -0.15) is 0 Å². The molecule has 1 heterocycles. The van der Waals surface area contributed by atoms with E-state index in [1.807, 2.05) is 0 Å². The summed E-state index contributed by atoms with van der Waals surface area (Å²) in [4.78, 5) is 0. The first-order valence-electron chi connectivity index (χ1n) is 9.03. The first-order chi connectivity index (χ1) is 9.86. The van der Waals surface area contributed by atoms with Gasteiger partial charge < -0.3 is 14.2 Å². The van der Waals surface area contributed by atoms with E-state index < -0.39 is 0 Å². The van der Waals surface area contributed by atoms with Crippen LogP contribution in [0.4, 0.5) is 0 Å². The van der Waals surface area contributed by atoms with Crippen LogP contribution in [0.15, 0.2) is 0 Å². The van der Waals surface area contributed by atoms with Crippen LogP contribution in [-0.4, -0.2) is 56.4 Å². The second-order valence-corrected chi connectivity index (χ2v) is 8.16. The van der Waals surface area contributed by atoms with E-state index in [2.05, 4.69) is 55.7 Å². The molecule has 120 valence electrons. The lowest BCUT2D eigenvalue weighted by Crippen LogP contribution is -2.62. The first kappa shape index (κ1) is 19.1. The lowest BCUT2D eigenvalue weighted by atomic mass is 9.73. The highest BCUT2D eigenvalue weighted by Gasteiger charge is 2.27. The van der Waals surface area contributed by atoms with Crippen molar-refractivity contribution in [2.24, 2.45) is 17.8 Å². The van der Waals surface area contributed by atoms with Crippen molar-refractivity contribution in [3.8, 4) is 0 Å². The summed E-state index contributed by atoms with van der Waals surface area (Å²) < 4.78 is 7.93. The molecule has 3 nitrogen and oxygen atoms in total.